The van der Waals surface area contributed by atoms with Crippen LogP contribution in [0.15, 0.2) is 47.4 Å². The molecule has 2 rings (SSSR count). The van der Waals surface area contributed by atoms with Crippen LogP contribution >= 0.6 is 23.2 Å². The molecule has 0 heterocycles. The molecule has 0 bridgehead atoms. The van der Waals surface area contributed by atoms with Gasteiger partial charge in [0, 0.05) is 12.3 Å². The van der Waals surface area contributed by atoms with Gasteiger partial charge in [-0.25, -0.2) is 21.6 Å². The molecule has 0 radical (unpaired) electrons. The first-order chi connectivity index (χ1) is 11.5. The van der Waals surface area contributed by atoms with Crippen molar-refractivity contribution in [2.45, 2.75) is 23.6 Å². The minimum atomic E-state index is -3.62. The largest absolute Gasteiger partial charge is 0.224 e. The smallest absolute Gasteiger partial charge is 0.216 e. The van der Waals surface area contributed by atoms with E-state index in [1.807, 2.05) is 0 Å². The summed E-state index contributed by atoms with van der Waals surface area (Å²) >= 11 is 11.7. The van der Waals surface area contributed by atoms with Crippen LogP contribution in [0.2, 0.25) is 10.0 Å². The zero-order chi connectivity index (χ0) is 18.8. The van der Waals surface area contributed by atoms with Gasteiger partial charge in [-0.05, 0) is 42.3 Å². The predicted molar refractivity (Wildman–Crippen MR) is 100 cm³/mol. The molecule has 0 amide bonds. The monoisotopic (exact) mass is 421 g/mol. The summed E-state index contributed by atoms with van der Waals surface area (Å²) in [5, 5.41) is 0.647. The molecule has 136 valence electrons. The molecule has 9 heteroatoms. The van der Waals surface area contributed by atoms with Crippen LogP contribution in [0.4, 0.5) is 0 Å². The van der Waals surface area contributed by atoms with E-state index in [4.69, 9.17) is 23.2 Å². The van der Waals surface area contributed by atoms with Crippen molar-refractivity contribution in [3.8, 4) is 0 Å². The molecule has 0 aromatic heterocycles. The fraction of sp³-hybridized carbons (Fsp3) is 0.250. The second-order valence-corrected chi connectivity index (χ2v) is 10.3. The summed E-state index contributed by atoms with van der Waals surface area (Å²) in [6.07, 6.45) is 1.12. The normalized spacial score (nSPS) is 13.6. The van der Waals surface area contributed by atoms with Gasteiger partial charge >= 0.3 is 0 Å². The van der Waals surface area contributed by atoms with Crippen LogP contribution in [0.5, 0.6) is 0 Å². The van der Waals surface area contributed by atoms with Gasteiger partial charge in [-0.2, -0.15) is 0 Å². The Bertz CT molecular complexity index is 972. The zero-order valence-electron chi connectivity index (χ0n) is 13.5. The Morgan fingerprint density at radius 2 is 1.56 bits per heavy atom. The number of benzene rings is 2. The molecule has 0 aliphatic rings. The average molecular weight is 422 g/mol. The lowest BCUT2D eigenvalue weighted by Gasteiger charge is -2.15. The molecule has 0 fully saturated rings. The van der Waals surface area contributed by atoms with E-state index in [1.165, 1.54) is 18.2 Å². The van der Waals surface area contributed by atoms with Gasteiger partial charge < -0.3 is 0 Å². The van der Waals surface area contributed by atoms with Crippen LogP contribution in [-0.4, -0.2) is 23.1 Å². The summed E-state index contributed by atoms with van der Waals surface area (Å²) in [5.74, 6) is -0.240. The van der Waals surface area contributed by atoms with E-state index < -0.39 is 25.9 Å². The Balaban J connectivity index is 2.12. The third-order valence-corrected chi connectivity index (χ3v) is 6.80. The van der Waals surface area contributed by atoms with Gasteiger partial charge in [0.15, 0.2) is 9.84 Å². The van der Waals surface area contributed by atoms with Crippen molar-refractivity contribution in [3.05, 3.63) is 63.6 Å². The number of rotatable bonds is 6. The first-order valence-corrected chi connectivity index (χ1v) is 11.5. The lowest BCUT2D eigenvalue weighted by molar-refractivity contribution is 0.565. The van der Waals surface area contributed by atoms with Crippen LogP contribution in [0.3, 0.4) is 0 Å². The average Bonchev–Trinajstić information content (AvgIpc) is 2.49. The first-order valence-electron chi connectivity index (χ1n) is 7.22. The van der Waals surface area contributed by atoms with Gasteiger partial charge in [-0.15, -0.1) is 0 Å². The topological polar surface area (TPSA) is 80.3 Å². The molecule has 0 spiro atoms. The quantitative estimate of drug-likeness (QED) is 0.772. The van der Waals surface area contributed by atoms with Crippen molar-refractivity contribution in [1.82, 2.24) is 4.72 Å². The molecular weight excluding hydrogens is 405 g/mol. The Labute approximate surface area is 157 Å². The van der Waals surface area contributed by atoms with Crippen molar-refractivity contribution < 1.29 is 16.8 Å². The van der Waals surface area contributed by atoms with Gasteiger partial charge in [-0.1, -0.05) is 41.4 Å². The van der Waals surface area contributed by atoms with E-state index >= 15 is 0 Å². The van der Waals surface area contributed by atoms with E-state index in [-0.39, 0.29) is 10.6 Å². The SMILES string of the molecule is CC(NS(=O)(=O)Cc1ccc(Cl)c(Cl)c1)c1ccc(S(C)(=O)=O)cc1. The molecule has 25 heavy (non-hydrogen) atoms. The fourth-order valence-corrected chi connectivity index (χ4v) is 4.56. The van der Waals surface area contributed by atoms with Crippen LogP contribution in [0.1, 0.15) is 24.1 Å². The number of hydrogen-bond acceptors (Lipinski definition) is 4. The minimum Gasteiger partial charge on any atom is -0.224 e. The van der Waals surface area contributed by atoms with Gasteiger partial charge in [0.2, 0.25) is 10.0 Å². The van der Waals surface area contributed by atoms with Gasteiger partial charge in [0.1, 0.15) is 0 Å². The Morgan fingerprint density at radius 1 is 0.960 bits per heavy atom. The second-order valence-electron chi connectivity index (χ2n) is 5.69. The lowest BCUT2D eigenvalue weighted by Crippen LogP contribution is -2.28. The van der Waals surface area contributed by atoms with Crippen molar-refractivity contribution in [2.75, 3.05) is 6.26 Å². The molecule has 2 aromatic carbocycles. The van der Waals surface area contributed by atoms with Crippen molar-refractivity contribution >= 4 is 43.1 Å². The van der Waals surface area contributed by atoms with Crippen molar-refractivity contribution in [2.24, 2.45) is 0 Å². The molecular formula is C16H17Cl2NO4S2. The maximum atomic E-state index is 12.3. The molecule has 0 aliphatic heterocycles. The second kappa shape index (κ2) is 7.63. The van der Waals surface area contributed by atoms with E-state index in [0.29, 0.717) is 21.2 Å². The molecule has 0 saturated heterocycles. The lowest BCUT2D eigenvalue weighted by atomic mass is 10.1. The summed E-state index contributed by atoms with van der Waals surface area (Å²) in [5.41, 5.74) is 1.17. The highest BCUT2D eigenvalue weighted by Crippen LogP contribution is 2.24. The molecule has 0 aliphatic carbocycles. The maximum Gasteiger partial charge on any atom is 0.216 e. The summed E-state index contributed by atoms with van der Waals surface area (Å²) < 4.78 is 50.1. The Hall–Kier alpha value is -1.12. The molecule has 1 N–H and O–H groups in total. The highest BCUT2D eigenvalue weighted by Gasteiger charge is 2.18. The van der Waals surface area contributed by atoms with Crippen LogP contribution in [-0.2, 0) is 25.6 Å². The third-order valence-electron chi connectivity index (χ3n) is 3.51. The van der Waals surface area contributed by atoms with Gasteiger partial charge in [0.05, 0.1) is 20.7 Å². The Kier molecular flexibility index (Phi) is 6.17. The molecule has 0 saturated carbocycles. The number of sulfone groups is 1. The van der Waals surface area contributed by atoms with E-state index in [1.54, 1.807) is 31.2 Å². The predicted octanol–water partition coefficient (Wildman–Crippen LogP) is 3.58. The van der Waals surface area contributed by atoms with Crippen LogP contribution in [0.25, 0.3) is 0 Å². The van der Waals surface area contributed by atoms with Gasteiger partial charge in [0.25, 0.3) is 0 Å². The maximum absolute atomic E-state index is 12.3. The van der Waals surface area contributed by atoms with Gasteiger partial charge in [-0.3, -0.25) is 0 Å². The highest BCUT2D eigenvalue weighted by atomic mass is 35.5. The van der Waals surface area contributed by atoms with Crippen molar-refractivity contribution in [3.63, 3.8) is 0 Å². The van der Waals surface area contributed by atoms with Crippen LogP contribution in [0, 0.1) is 0 Å². The molecule has 2 aromatic rings. The molecule has 1 unspecified atom stereocenters. The standard InChI is InChI=1S/C16H17Cl2NO4S2/c1-11(13-4-6-14(7-5-13)24(2,20)21)19-25(22,23)10-12-3-8-15(17)16(18)9-12/h3-9,11,19H,10H2,1-2H3. The van der Waals surface area contributed by atoms with E-state index in [9.17, 15) is 16.8 Å². The number of sulfonamides is 1. The minimum absolute atomic E-state index is 0.183. The zero-order valence-corrected chi connectivity index (χ0v) is 16.7. The fourth-order valence-electron chi connectivity index (χ4n) is 2.23. The number of hydrogen-bond donors (Lipinski definition) is 1. The van der Waals surface area contributed by atoms with Crippen LogP contribution < -0.4 is 4.72 Å². The summed E-state index contributed by atoms with van der Waals surface area (Å²) in [6, 6.07) is 10.2. The Morgan fingerprint density at radius 3 is 2.08 bits per heavy atom. The van der Waals surface area contributed by atoms with Crippen molar-refractivity contribution in [1.29, 1.82) is 0 Å². The number of halogens is 2. The summed E-state index contributed by atoms with van der Waals surface area (Å²) in [6.45, 7) is 1.68. The molecule has 1 atom stereocenters. The first kappa shape index (κ1) is 20.2. The summed E-state index contributed by atoms with van der Waals surface area (Å²) in [4.78, 5) is 0.183. The van der Waals surface area contributed by atoms with E-state index in [0.717, 1.165) is 6.26 Å². The van der Waals surface area contributed by atoms with E-state index in [2.05, 4.69) is 4.72 Å². The summed E-state index contributed by atoms with van der Waals surface area (Å²) in [7, 11) is -6.91. The third kappa shape index (κ3) is 5.69. The number of nitrogens with one attached hydrogen (secondary N) is 1. The molecule has 5 nitrogen and oxygen atoms in total. The highest BCUT2D eigenvalue weighted by molar-refractivity contribution is 7.90.